The number of benzene rings is 1. The summed E-state index contributed by atoms with van der Waals surface area (Å²) in [6, 6.07) is 7.57. The summed E-state index contributed by atoms with van der Waals surface area (Å²) in [5, 5.41) is 0.430. The molecule has 0 saturated heterocycles. The van der Waals surface area contributed by atoms with Gasteiger partial charge in [-0.2, -0.15) is 0 Å². The van der Waals surface area contributed by atoms with Crippen LogP contribution in [0.4, 0.5) is 0 Å². The molecule has 1 nitrogen and oxygen atoms in total. The molecule has 0 saturated carbocycles. The molecule has 1 aromatic carbocycles. The Morgan fingerprint density at radius 2 is 2.00 bits per heavy atom. The van der Waals surface area contributed by atoms with Crippen LogP contribution in [0.2, 0.25) is 0 Å². The maximum Gasteiger partial charge on any atom is 0.0634 e. The highest BCUT2D eigenvalue weighted by molar-refractivity contribution is 7.85. The van der Waals surface area contributed by atoms with Gasteiger partial charge in [0.05, 0.1) is 16.6 Å². The van der Waals surface area contributed by atoms with Crippen LogP contribution in [0, 0.1) is 6.92 Å². The van der Waals surface area contributed by atoms with Crippen LogP contribution in [-0.4, -0.2) is 9.96 Å². The Labute approximate surface area is 85.9 Å². The van der Waals surface area contributed by atoms with Crippen molar-refractivity contribution in [2.75, 3.05) is 5.75 Å². The van der Waals surface area contributed by atoms with Gasteiger partial charge >= 0.3 is 0 Å². The Balaban J connectivity index is 2.78. The lowest BCUT2D eigenvalue weighted by Crippen LogP contribution is -1.97. The first-order valence-electron chi connectivity index (χ1n) is 3.88. The molecule has 3 heteroatoms. The van der Waals surface area contributed by atoms with Crippen LogP contribution in [0.15, 0.2) is 40.8 Å². The number of halogens is 1. The zero-order chi connectivity index (χ0) is 9.84. The molecule has 1 unspecified atom stereocenters. The molecule has 0 aliphatic carbocycles. The Bertz CT molecular complexity index is 329. The van der Waals surface area contributed by atoms with Crippen molar-refractivity contribution in [3.05, 3.63) is 41.4 Å². The maximum absolute atomic E-state index is 11.5. The van der Waals surface area contributed by atoms with E-state index in [9.17, 15) is 4.21 Å². The fourth-order valence-electron chi connectivity index (χ4n) is 0.916. The van der Waals surface area contributed by atoms with E-state index in [1.54, 1.807) is 0 Å². The van der Waals surface area contributed by atoms with Crippen LogP contribution >= 0.6 is 11.6 Å². The van der Waals surface area contributed by atoms with E-state index in [0.29, 0.717) is 10.8 Å². The van der Waals surface area contributed by atoms with Crippen molar-refractivity contribution in [3.63, 3.8) is 0 Å². The van der Waals surface area contributed by atoms with E-state index in [1.807, 2.05) is 31.2 Å². The smallest absolute Gasteiger partial charge is 0.0634 e. The summed E-state index contributed by atoms with van der Waals surface area (Å²) in [6.07, 6.45) is 0. The third kappa shape index (κ3) is 3.33. The molecule has 0 fully saturated rings. The molecule has 0 heterocycles. The van der Waals surface area contributed by atoms with Gasteiger partial charge in [-0.1, -0.05) is 35.9 Å². The predicted molar refractivity (Wildman–Crippen MR) is 57.4 cm³/mol. The number of aryl methyl sites for hydroxylation is 1. The first-order valence-corrected chi connectivity index (χ1v) is 5.57. The fraction of sp³-hybridized carbons (Fsp3) is 0.200. The van der Waals surface area contributed by atoms with Crippen LogP contribution in [-0.2, 0) is 10.8 Å². The van der Waals surface area contributed by atoms with Crippen molar-refractivity contribution in [2.24, 2.45) is 0 Å². The number of rotatable bonds is 3. The van der Waals surface area contributed by atoms with Crippen molar-refractivity contribution in [3.8, 4) is 0 Å². The quantitative estimate of drug-likeness (QED) is 0.756. The lowest BCUT2D eigenvalue weighted by atomic mass is 10.2. The van der Waals surface area contributed by atoms with Gasteiger partial charge in [0.15, 0.2) is 0 Å². The Morgan fingerprint density at radius 1 is 1.46 bits per heavy atom. The third-order valence-corrected chi connectivity index (χ3v) is 3.27. The van der Waals surface area contributed by atoms with Gasteiger partial charge in [0.1, 0.15) is 0 Å². The highest BCUT2D eigenvalue weighted by Crippen LogP contribution is 2.11. The largest absolute Gasteiger partial charge is 0.254 e. The normalized spacial score (nSPS) is 12.5. The van der Waals surface area contributed by atoms with E-state index in [4.69, 9.17) is 11.6 Å². The van der Waals surface area contributed by atoms with Crippen LogP contribution < -0.4 is 0 Å². The van der Waals surface area contributed by atoms with Crippen LogP contribution in [0.25, 0.3) is 0 Å². The van der Waals surface area contributed by atoms with Crippen molar-refractivity contribution in [1.29, 1.82) is 0 Å². The summed E-state index contributed by atoms with van der Waals surface area (Å²) in [4.78, 5) is 0.799. The monoisotopic (exact) mass is 214 g/mol. The second-order valence-corrected chi connectivity index (χ2v) is 4.81. The minimum atomic E-state index is -1.05. The minimum absolute atomic E-state index is 0.324. The Morgan fingerprint density at radius 3 is 2.46 bits per heavy atom. The summed E-state index contributed by atoms with van der Waals surface area (Å²) in [5.74, 6) is 0.324. The van der Waals surface area contributed by atoms with E-state index in [1.165, 1.54) is 0 Å². The minimum Gasteiger partial charge on any atom is -0.254 e. The van der Waals surface area contributed by atoms with Gasteiger partial charge in [0.25, 0.3) is 0 Å². The average molecular weight is 215 g/mol. The molecule has 0 amide bonds. The van der Waals surface area contributed by atoms with Crippen LogP contribution in [0.3, 0.4) is 0 Å². The van der Waals surface area contributed by atoms with Gasteiger partial charge in [-0.3, -0.25) is 4.21 Å². The lowest BCUT2D eigenvalue weighted by molar-refractivity contribution is 0.685. The van der Waals surface area contributed by atoms with Gasteiger partial charge < -0.3 is 0 Å². The highest BCUT2D eigenvalue weighted by Gasteiger charge is 2.03. The van der Waals surface area contributed by atoms with Crippen molar-refractivity contribution in [2.45, 2.75) is 11.8 Å². The van der Waals surface area contributed by atoms with Gasteiger partial charge in [0.2, 0.25) is 0 Å². The van der Waals surface area contributed by atoms with Gasteiger partial charge in [-0.25, -0.2) is 0 Å². The van der Waals surface area contributed by atoms with E-state index < -0.39 is 10.8 Å². The van der Waals surface area contributed by atoms with Gasteiger partial charge in [0, 0.05) is 9.93 Å². The molecule has 0 N–H and O–H groups in total. The van der Waals surface area contributed by atoms with Crippen molar-refractivity contribution >= 4 is 22.4 Å². The predicted octanol–water partition coefficient (Wildman–Crippen LogP) is 2.86. The van der Waals surface area contributed by atoms with E-state index in [0.717, 1.165) is 10.5 Å². The first-order chi connectivity index (χ1) is 6.09. The van der Waals surface area contributed by atoms with E-state index >= 15 is 0 Å². The molecule has 1 aromatic rings. The second-order valence-electron chi connectivity index (χ2n) is 2.82. The molecule has 0 spiro atoms. The summed E-state index contributed by atoms with van der Waals surface area (Å²) in [5.41, 5.74) is 1.16. The zero-order valence-corrected chi connectivity index (χ0v) is 8.99. The summed E-state index contributed by atoms with van der Waals surface area (Å²) in [6.45, 7) is 5.50. The molecule has 1 atom stereocenters. The topological polar surface area (TPSA) is 17.1 Å². The molecular formula is C10H11ClOS. The summed E-state index contributed by atoms with van der Waals surface area (Å²) in [7, 11) is -1.05. The lowest BCUT2D eigenvalue weighted by Gasteiger charge is -2.00. The van der Waals surface area contributed by atoms with E-state index in [-0.39, 0.29) is 0 Å². The van der Waals surface area contributed by atoms with Crippen LogP contribution in [0.5, 0.6) is 0 Å². The van der Waals surface area contributed by atoms with Crippen LogP contribution in [0.1, 0.15) is 5.56 Å². The molecule has 0 aromatic heterocycles. The molecule has 1 rings (SSSR count). The van der Waals surface area contributed by atoms with Gasteiger partial charge in [-0.15, -0.1) is 0 Å². The Hall–Kier alpha value is -0.600. The van der Waals surface area contributed by atoms with Crippen molar-refractivity contribution < 1.29 is 4.21 Å². The summed E-state index contributed by atoms with van der Waals surface area (Å²) >= 11 is 5.57. The molecule has 0 radical (unpaired) electrons. The SMILES string of the molecule is C=C(Cl)CS(=O)c1ccc(C)cc1. The third-order valence-electron chi connectivity index (χ3n) is 1.57. The highest BCUT2D eigenvalue weighted by atomic mass is 35.5. The fourth-order valence-corrected chi connectivity index (χ4v) is 2.10. The second kappa shape index (κ2) is 4.58. The maximum atomic E-state index is 11.5. The van der Waals surface area contributed by atoms with E-state index in [2.05, 4.69) is 6.58 Å². The molecule has 0 aliphatic heterocycles. The molecular weight excluding hydrogens is 204 g/mol. The summed E-state index contributed by atoms with van der Waals surface area (Å²) < 4.78 is 11.5. The van der Waals surface area contributed by atoms with Crippen molar-refractivity contribution in [1.82, 2.24) is 0 Å². The number of hydrogen-bond donors (Lipinski definition) is 0. The molecule has 0 aliphatic rings. The molecule has 0 bridgehead atoms. The van der Waals surface area contributed by atoms with Gasteiger partial charge in [-0.05, 0) is 19.1 Å². The first kappa shape index (κ1) is 10.5. The molecule has 70 valence electrons. The average Bonchev–Trinajstić information content (AvgIpc) is 2.04. The number of hydrogen-bond acceptors (Lipinski definition) is 1. The zero-order valence-electron chi connectivity index (χ0n) is 7.42. The molecule has 13 heavy (non-hydrogen) atoms. The standard InChI is InChI=1S/C10H11ClOS/c1-8-3-5-10(6-4-8)13(12)7-9(2)11/h3-6H,2,7H2,1H3. The Kier molecular flexibility index (Phi) is 3.70.